The Kier molecular flexibility index (Phi) is 3.16. The molecule has 0 aromatic rings. The molecule has 0 amide bonds. The molecule has 0 bridgehead atoms. The minimum absolute atomic E-state index is 0.178. The maximum absolute atomic E-state index is 8.61. The van der Waals surface area contributed by atoms with Crippen LogP contribution in [0.1, 0.15) is 32.6 Å². The van der Waals surface area contributed by atoms with Crippen molar-refractivity contribution in [3.63, 3.8) is 0 Å². The summed E-state index contributed by atoms with van der Waals surface area (Å²) in [7, 11) is 0. The lowest BCUT2D eigenvalue weighted by molar-refractivity contribution is 0.241. The van der Waals surface area contributed by atoms with Gasteiger partial charge in [0.1, 0.15) is 6.10 Å². The topological polar surface area (TPSA) is 32.8 Å². The van der Waals surface area contributed by atoms with E-state index >= 15 is 0 Å². The van der Waals surface area contributed by atoms with Gasteiger partial charge in [0.2, 0.25) is 0 Å². The number of epoxide rings is 1. The largest absolute Gasteiger partial charge is 0.394 e. The third-order valence-electron chi connectivity index (χ3n) is 1.96. The maximum atomic E-state index is 8.61. The molecule has 1 fully saturated rings. The molecule has 10 heavy (non-hydrogen) atoms. The number of ether oxygens (including phenoxy) is 1. The predicted molar refractivity (Wildman–Crippen MR) is 39.9 cm³/mol. The van der Waals surface area contributed by atoms with E-state index < -0.39 is 0 Å². The third kappa shape index (κ3) is 2.27. The second-order valence-electron chi connectivity index (χ2n) is 2.89. The van der Waals surface area contributed by atoms with Gasteiger partial charge < -0.3 is 9.84 Å². The summed E-state index contributed by atoms with van der Waals surface area (Å²) < 4.78 is 5.16. The number of aliphatic hydroxyl groups is 1. The first kappa shape index (κ1) is 8.02. The van der Waals surface area contributed by atoms with Crippen LogP contribution in [-0.4, -0.2) is 23.9 Å². The molecule has 0 saturated carbocycles. The Hall–Kier alpha value is -0.0800. The van der Waals surface area contributed by atoms with Crippen LogP contribution in [-0.2, 0) is 4.74 Å². The molecular formula is C8H16O2. The summed E-state index contributed by atoms with van der Waals surface area (Å²) in [6.45, 7) is 2.40. The van der Waals surface area contributed by atoms with Crippen molar-refractivity contribution in [1.82, 2.24) is 0 Å². The van der Waals surface area contributed by atoms with Crippen molar-refractivity contribution in [2.75, 3.05) is 6.61 Å². The summed E-state index contributed by atoms with van der Waals surface area (Å²) in [6.07, 6.45) is 5.50. The smallest absolute Gasteiger partial charge is 0.107 e. The lowest BCUT2D eigenvalue weighted by atomic mass is 10.1. The highest BCUT2D eigenvalue weighted by atomic mass is 16.6. The van der Waals surface area contributed by atoms with E-state index in [9.17, 15) is 0 Å². The van der Waals surface area contributed by atoms with Gasteiger partial charge in [-0.05, 0) is 6.42 Å². The number of hydrogen-bond donors (Lipinski definition) is 1. The van der Waals surface area contributed by atoms with E-state index in [4.69, 9.17) is 9.84 Å². The fourth-order valence-electron chi connectivity index (χ4n) is 1.19. The van der Waals surface area contributed by atoms with Crippen LogP contribution in [0.15, 0.2) is 0 Å². The van der Waals surface area contributed by atoms with Crippen LogP contribution in [0.3, 0.4) is 0 Å². The average molecular weight is 144 g/mol. The van der Waals surface area contributed by atoms with Gasteiger partial charge in [0.25, 0.3) is 0 Å². The molecule has 2 atom stereocenters. The fourth-order valence-corrected chi connectivity index (χ4v) is 1.19. The number of hydrogen-bond acceptors (Lipinski definition) is 2. The third-order valence-corrected chi connectivity index (χ3v) is 1.96. The van der Waals surface area contributed by atoms with Crippen LogP contribution < -0.4 is 0 Å². The normalized spacial score (nSPS) is 30.6. The van der Waals surface area contributed by atoms with E-state index in [2.05, 4.69) is 6.92 Å². The Morgan fingerprint density at radius 1 is 1.30 bits per heavy atom. The molecule has 1 aliphatic heterocycles. The van der Waals surface area contributed by atoms with Crippen molar-refractivity contribution < 1.29 is 9.84 Å². The Labute approximate surface area is 62.2 Å². The van der Waals surface area contributed by atoms with Crippen LogP contribution in [0, 0.1) is 0 Å². The van der Waals surface area contributed by atoms with E-state index in [1.807, 2.05) is 0 Å². The van der Waals surface area contributed by atoms with E-state index in [-0.39, 0.29) is 12.7 Å². The highest BCUT2D eigenvalue weighted by Crippen LogP contribution is 2.26. The van der Waals surface area contributed by atoms with Crippen LogP contribution in [0.5, 0.6) is 0 Å². The summed E-state index contributed by atoms with van der Waals surface area (Å²) in [5.41, 5.74) is 0. The molecule has 1 saturated heterocycles. The van der Waals surface area contributed by atoms with Gasteiger partial charge in [0.05, 0.1) is 12.7 Å². The molecule has 2 nitrogen and oxygen atoms in total. The summed E-state index contributed by atoms with van der Waals surface area (Å²) in [5, 5.41) is 8.61. The zero-order valence-corrected chi connectivity index (χ0v) is 6.55. The predicted octanol–water partition coefficient (Wildman–Crippen LogP) is 1.33. The first-order chi connectivity index (χ1) is 4.88. The Morgan fingerprint density at radius 2 is 2.10 bits per heavy atom. The number of rotatable bonds is 5. The van der Waals surface area contributed by atoms with Crippen LogP contribution >= 0.6 is 0 Å². The molecule has 0 aliphatic carbocycles. The summed E-state index contributed by atoms with van der Waals surface area (Å²) in [6, 6.07) is 0. The van der Waals surface area contributed by atoms with Crippen LogP contribution in [0.25, 0.3) is 0 Å². The monoisotopic (exact) mass is 144 g/mol. The molecule has 1 N–H and O–H groups in total. The van der Waals surface area contributed by atoms with Gasteiger partial charge in [0.15, 0.2) is 0 Å². The van der Waals surface area contributed by atoms with Crippen molar-refractivity contribution >= 4 is 0 Å². The standard InChI is InChI=1S/C8H16O2/c1-2-3-4-5-7-8(6-9)10-7/h7-9H,2-6H2,1H3/t7-,8+/m1/s1. The van der Waals surface area contributed by atoms with Gasteiger partial charge >= 0.3 is 0 Å². The van der Waals surface area contributed by atoms with Crippen LogP contribution in [0.4, 0.5) is 0 Å². The summed E-state index contributed by atoms with van der Waals surface area (Å²) in [4.78, 5) is 0. The molecule has 1 heterocycles. The van der Waals surface area contributed by atoms with Gasteiger partial charge in [-0.3, -0.25) is 0 Å². The maximum Gasteiger partial charge on any atom is 0.107 e. The Morgan fingerprint density at radius 3 is 2.60 bits per heavy atom. The van der Waals surface area contributed by atoms with E-state index in [1.165, 1.54) is 19.3 Å². The van der Waals surface area contributed by atoms with E-state index in [0.29, 0.717) is 6.10 Å². The average Bonchev–Trinajstić information content (AvgIpc) is 2.68. The summed E-state index contributed by atoms with van der Waals surface area (Å²) in [5.74, 6) is 0. The highest BCUT2D eigenvalue weighted by molar-refractivity contribution is 4.83. The van der Waals surface area contributed by atoms with Gasteiger partial charge in [-0.2, -0.15) is 0 Å². The van der Waals surface area contributed by atoms with Gasteiger partial charge in [-0.15, -0.1) is 0 Å². The molecule has 0 aromatic heterocycles. The van der Waals surface area contributed by atoms with E-state index in [0.717, 1.165) is 6.42 Å². The highest BCUT2D eigenvalue weighted by Gasteiger charge is 2.36. The number of aliphatic hydroxyl groups excluding tert-OH is 1. The first-order valence-corrected chi connectivity index (χ1v) is 4.14. The van der Waals surface area contributed by atoms with Crippen molar-refractivity contribution in [1.29, 1.82) is 0 Å². The zero-order valence-electron chi connectivity index (χ0n) is 6.55. The molecule has 2 heteroatoms. The molecular weight excluding hydrogens is 128 g/mol. The van der Waals surface area contributed by atoms with E-state index in [1.54, 1.807) is 0 Å². The molecule has 1 aliphatic rings. The lowest BCUT2D eigenvalue weighted by Gasteiger charge is -1.92. The minimum atomic E-state index is 0.178. The fraction of sp³-hybridized carbons (Fsp3) is 1.00. The first-order valence-electron chi connectivity index (χ1n) is 4.14. The molecule has 0 spiro atoms. The Bertz CT molecular complexity index is 93.3. The van der Waals surface area contributed by atoms with Crippen molar-refractivity contribution in [2.24, 2.45) is 0 Å². The minimum Gasteiger partial charge on any atom is -0.394 e. The SMILES string of the molecule is CCCCC[C@H]1O[C@H]1CO. The second-order valence-corrected chi connectivity index (χ2v) is 2.89. The number of unbranched alkanes of at least 4 members (excludes halogenated alkanes) is 2. The molecule has 1 rings (SSSR count). The van der Waals surface area contributed by atoms with Crippen LogP contribution in [0.2, 0.25) is 0 Å². The zero-order chi connectivity index (χ0) is 7.40. The molecule has 60 valence electrons. The lowest BCUT2D eigenvalue weighted by Crippen LogP contribution is -1.98. The van der Waals surface area contributed by atoms with Gasteiger partial charge in [-0.25, -0.2) is 0 Å². The molecule has 0 unspecified atom stereocenters. The second kappa shape index (κ2) is 3.94. The van der Waals surface area contributed by atoms with Gasteiger partial charge in [-0.1, -0.05) is 26.2 Å². The van der Waals surface area contributed by atoms with Crippen molar-refractivity contribution in [3.05, 3.63) is 0 Å². The molecule has 0 radical (unpaired) electrons. The van der Waals surface area contributed by atoms with Crippen molar-refractivity contribution in [3.8, 4) is 0 Å². The Balaban J connectivity index is 1.87. The van der Waals surface area contributed by atoms with Crippen molar-refractivity contribution in [2.45, 2.75) is 44.8 Å². The summed E-state index contributed by atoms with van der Waals surface area (Å²) >= 11 is 0. The molecule has 0 aromatic carbocycles. The quantitative estimate of drug-likeness (QED) is 0.466. The van der Waals surface area contributed by atoms with Gasteiger partial charge in [0, 0.05) is 0 Å².